The van der Waals surface area contributed by atoms with Crippen LogP contribution < -0.4 is 15.4 Å². The predicted octanol–water partition coefficient (Wildman–Crippen LogP) is 2.87. The number of hydrogen-bond acceptors (Lipinski definition) is 6. The molecule has 1 saturated carbocycles. The lowest BCUT2D eigenvalue weighted by atomic mass is 9.94. The fourth-order valence-corrected chi connectivity index (χ4v) is 5.37. The number of nitrogens with zero attached hydrogens (tertiary/aromatic N) is 4. The average Bonchev–Trinajstić information content (AvgIpc) is 3.67. The fourth-order valence-electron chi connectivity index (χ4n) is 5.37. The van der Waals surface area contributed by atoms with Gasteiger partial charge in [-0.25, -0.2) is 9.07 Å². The standard InChI is InChI=1S/C31H37FN6O4/c1-21(2)18-26-29(40)33-13-15-37(30(41)31(11-12-31)22-6-4-3-5-7-22)14-10-24-20-38(36-35-24)16-17-42-27-9-8-23(32)19-25(27)28(39)34-26/h3-9,19-21,26H,10-18H2,1-2H3,(H,33,40)(H,34,39)/t26-/m1/s1. The number of ether oxygens (including phenoxy) is 1. The molecule has 42 heavy (non-hydrogen) atoms. The number of carbonyl (C=O) groups is 3. The fraction of sp³-hybridized carbons (Fsp3) is 0.452. The topological polar surface area (TPSA) is 118 Å². The highest BCUT2D eigenvalue weighted by molar-refractivity contribution is 5.99. The molecule has 222 valence electrons. The van der Waals surface area contributed by atoms with Crippen molar-refractivity contribution in [2.45, 2.75) is 57.5 Å². The van der Waals surface area contributed by atoms with Gasteiger partial charge in [-0.05, 0) is 48.9 Å². The van der Waals surface area contributed by atoms with Gasteiger partial charge in [-0.1, -0.05) is 49.4 Å². The van der Waals surface area contributed by atoms with Crippen LogP contribution in [0.15, 0.2) is 54.7 Å². The Morgan fingerprint density at radius 2 is 1.90 bits per heavy atom. The van der Waals surface area contributed by atoms with Gasteiger partial charge < -0.3 is 20.3 Å². The number of carbonyl (C=O) groups excluding carboxylic acids is 3. The van der Waals surface area contributed by atoms with E-state index in [1.54, 1.807) is 15.8 Å². The molecule has 2 aromatic carbocycles. The van der Waals surface area contributed by atoms with Gasteiger partial charge in [0.1, 0.15) is 24.2 Å². The summed E-state index contributed by atoms with van der Waals surface area (Å²) in [7, 11) is 0. The lowest BCUT2D eigenvalue weighted by Crippen LogP contribution is -2.50. The highest BCUT2D eigenvalue weighted by atomic mass is 19.1. The molecule has 1 aliphatic carbocycles. The Morgan fingerprint density at radius 3 is 2.64 bits per heavy atom. The van der Waals surface area contributed by atoms with E-state index < -0.39 is 23.2 Å². The maximum atomic E-state index is 14.1. The second-order valence-corrected chi connectivity index (χ2v) is 11.4. The molecular formula is C31H37FN6O4. The van der Waals surface area contributed by atoms with E-state index in [0.717, 1.165) is 30.2 Å². The number of nitrogens with one attached hydrogen (secondary N) is 2. The van der Waals surface area contributed by atoms with E-state index in [0.29, 0.717) is 32.5 Å². The molecule has 2 bridgehead atoms. The molecule has 0 radical (unpaired) electrons. The van der Waals surface area contributed by atoms with Gasteiger partial charge in [0.25, 0.3) is 5.91 Å². The molecule has 0 spiro atoms. The zero-order chi connectivity index (χ0) is 29.7. The van der Waals surface area contributed by atoms with Crippen LogP contribution in [0.4, 0.5) is 4.39 Å². The minimum absolute atomic E-state index is 0.00404. The van der Waals surface area contributed by atoms with Gasteiger partial charge in [-0.3, -0.25) is 14.4 Å². The summed E-state index contributed by atoms with van der Waals surface area (Å²) in [5.41, 5.74) is 1.18. The van der Waals surface area contributed by atoms with Crippen LogP contribution in [-0.4, -0.2) is 69.9 Å². The molecule has 1 fully saturated rings. The third-order valence-corrected chi connectivity index (χ3v) is 7.77. The summed E-state index contributed by atoms with van der Waals surface area (Å²) in [6, 6.07) is 12.7. The summed E-state index contributed by atoms with van der Waals surface area (Å²) < 4.78 is 21.6. The van der Waals surface area contributed by atoms with Gasteiger partial charge in [0.05, 0.1) is 23.2 Å². The highest BCUT2D eigenvalue weighted by Gasteiger charge is 2.52. The molecule has 2 N–H and O–H groups in total. The van der Waals surface area contributed by atoms with E-state index in [2.05, 4.69) is 20.9 Å². The van der Waals surface area contributed by atoms with Crippen molar-refractivity contribution in [3.8, 4) is 5.75 Å². The first-order valence-corrected chi connectivity index (χ1v) is 14.5. The molecule has 5 rings (SSSR count). The zero-order valence-electron chi connectivity index (χ0n) is 24.0. The molecule has 2 aliphatic rings. The monoisotopic (exact) mass is 576 g/mol. The normalized spacial score (nSPS) is 19.5. The van der Waals surface area contributed by atoms with Gasteiger partial charge in [0, 0.05) is 32.3 Å². The molecule has 0 unspecified atom stereocenters. The van der Waals surface area contributed by atoms with Crippen LogP contribution in [0.1, 0.15) is 54.7 Å². The molecule has 10 nitrogen and oxygen atoms in total. The SMILES string of the molecule is CC(C)C[C@H]1NC(=O)c2cc(F)ccc2OCCn2cc(nn2)CCN(C(=O)C2(c3ccccc3)CC2)CCNC1=O. The van der Waals surface area contributed by atoms with E-state index in [1.165, 1.54) is 12.1 Å². The van der Waals surface area contributed by atoms with Crippen LogP contribution in [0.2, 0.25) is 0 Å². The smallest absolute Gasteiger partial charge is 0.255 e. The van der Waals surface area contributed by atoms with Crippen molar-refractivity contribution in [3.63, 3.8) is 0 Å². The Kier molecular flexibility index (Phi) is 8.84. The van der Waals surface area contributed by atoms with Crippen LogP contribution in [0.3, 0.4) is 0 Å². The van der Waals surface area contributed by atoms with Crippen LogP contribution >= 0.6 is 0 Å². The molecule has 1 aromatic heterocycles. The minimum atomic E-state index is -0.847. The highest BCUT2D eigenvalue weighted by Crippen LogP contribution is 2.49. The molecule has 3 aromatic rings. The lowest BCUT2D eigenvalue weighted by molar-refractivity contribution is -0.134. The maximum absolute atomic E-state index is 14.1. The first-order valence-electron chi connectivity index (χ1n) is 14.5. The molecule has 1 atom stereocenters. The number of rotatable bonds is 4. The first kappa shape index (κ1) is 29.2. The van der Waals surface area contributed by atoms with Crippen molar-refractivity contribution in [1.29, 1.82) is 0 Å². The van der Waals surface area contributed by atoms with Gasteiger partial charge in [-0.15, -0.1) is 5.10 Å². The Morgan fingerprint density at radius 1 is 1.12 bits per heavy atom. The Hall–Kier alpha value is -4.28. The van der Waals surface area contributed by atoms with Crippen LogP contribution in [-0.2, 0) is 28.0 Å². The van der Waals surface area contributed by atoms with Crippen molar-refractivity contribution < 1.29 is 23.5 Å². The van der Waals surface area contributed by atoms with Crippen molar-refractivity contribution in [3.05, 3.63) is 77.4 Å². The molecular weight excluding hydrogens is 539 g/mol. The third-order valence-electron chi connectivity index (χ3n) is 7.77. The van der Waals surface area contributed by atoms with Gasteiger partial charge in [-0.2, -0.15) is 0 Å². The van der Waals surface area contributed by atoms with Gasteiger partial charge in [0.15, 0.2) is 0 Å². The minimum Gasteiger partial charge on any atom is -0.491 e. The Balaban J connectivity index is 1.39. The number of benzene rings is 2. The van der Waals surface area contributed by atoms with E-state index in [-0.39, 0.29) is 42.2 Å². The van der Waals surface area contributed by atoms with E-state index in [4.69, 9.17) is 4.74 Å². The predicted molar refractivity (Wildman–Crippen MR) is 153 cm³/mol. The summed E-state index contributed by atoms with van der Waals surface area (Å²) in [6.07, 6.45) is 4.24. The van der Waals surface area contributed by atoms with Gasteiger partial charge >= 0.3 is 0 Å². The Labute approximate surface area is 244 Å². The molecule has 1 aliphatic heterocycles. The maximum Gasteiger partial charge on any atom is 0.255 e. The number of amides is 3. The number of fused-ring (bicyclic) bond motifs is 3. The van der Waals surface area contributed by atoms with Crippen molar-refractivity contribution in [2.75, 3.05) is 26.2 Å². The van der Waals surface area contributed by atoms with Crippen LogP contribution in [0, 0.1) is 11.7 Å². The summed E-state index contributed by atoms with van der Waals surface area (Å²) in [5.74, 6) is -1.22. The second-order valence-electron chi connectivity index (χ2n) is 11.4. The second kappa shape index (κ2) is 12.7. The average molecular weight is 577 g/mol. The zero-order valence-corrected chi connectivity index (χ0v) is 24.0. The third kappa shape index (κ3) is 6.78. The van der Waals surface area contributed by atoms with E-state index in [9.17, 15) is 18.8 Å². The molecule has 11 heteroatoms. The lowest BCUT2D eigenvalue weighted by Gasteiger charge is -2.28. The summed E-state index contributed by atoms with van der Waals surface area (Å²) in [6.45, 7) is 5.35. The van der Waals surface area contributed by atoms with Crippen molar-refractivity contribution in [1.82, 2.24) is 30.5 Å². The quantitative estimate of drug-likeness (QED) is 0.493. The Bertz CT molecular complexity index is 1420. The van der Waals surface area contributed by atoms with Gasteiger partial charge in [0.2, 0.25) is 11.8 Å². The first-order chi connectivity index (χ1) is 20.2. The largest absolute Gasteiger partial charge is 0.491 e. The summed E-state index contributed by atoms with van der Waals surface area (Å²) >= 11 is 0. The molecule has 3 amide bonds. The number of halogens is 1. The number of aromatic nitrogens is 3. The van der Waals surface area contributed by atoms with Crippen LogP contribution in [0.25, 0.3) is 0 Å². The summed E-state index contributed by atoms with van der Waals surface area (Å²) in [4.78, 5) is 42.3. The number of hydrogen-bond donors (Lipinski definition) is 2. The van der Waals surface area contributed by atoms with Crippen LogP contribution in [0.5, 0.6) is 5.75 Å². The van der Waals surface area contributed by atoms with E-state index >= 15 is 0 Å². The molecule has 0 saturated heterocycles. The summed E-state index contributed by atoms with van der Waals surface area (Å²) in [5, 5.41) is 14.1. The van der Waals surface area contributed by atoms with Crippen molar-refractivity contribution in [2.24, 2.45) is 5.92 Å². The van der Waals surface area contributed by atoms with Crippen molar-refractivity contribution >= 4 is 17.7 Å². The molecule has 2 heterocycles. The van der Waals surface area contributed by atoms with E-state index in [1.807, 2.05) is 44.2 Å².